The van der Waals surface area contributed by atoms with Gasteiger partial charge in [-0.05, 0) is 80.4 Å². The van der Waals surface area contributed by atoms with Crippen LogP contribution in [0, 0.1) is 28.6 Å². The number of carbonyl (C=O) groups is 2. The van der Waals surface area contributed by atoms with Crippen LogP contribution in [-0.2, 0) is 14.3 Å². The topological polar surface area (TPSA) is 43.4 Å². The summed E-state index contributed by atoms with van der Waals surface area (Å²) >= 11 is 2.01. The van der Waals surface area contributed by atoms with Gasteiger partial charge in [0.05, 0.1) is 0 Å². The second kappa shape index (κ2) is 5.87. The molecule has 3 saturated carbocycles. The van der Waals surface area contributed by atoms with E-state index in [9.17, 15) is 9.59 Å². The summed E-state index contributed by atoms with van der Waals surface area (Å²) in [6, 6.07) is 0. The Balaban J connectivity index is 1.54. The standard InChI is InChI=1S/C23H32O3S/c1-21-8-4-15(24)12-14(21)13-18(27-3)20-16(21)5-9-22(2)17(20)6-10-23(22)11-7-19(25)26-23/h12,16-18,20H,4-11,13H2,1-3H3/t16?,17?,18-,20?,21+,22+,23-/m1/s1. The summed E-state index contributed by atoms with van der Waals surface area (Å²) in [6.45, 7) is 4.89. The number of ketones is 1. The van der Waals surface area contributed by atoms with E-state index in [0.29, 0.717) is 35.2 Å². The van der Waals surface area contributed by atoms with E-state index < -0.39 is 0 Å². The Bertz CT molecular complexity index is 729. The van der Waals surface area contributed by atoms with Gasteiger partial charge in [-0.2, -0.15) is 11.8 Å². The van der Waals surface area contributed by atoms with Crippen LogP contribution < -0.4 is 0 Å². The van der Waals surface area contributed by atoms with Crippen LogP contribution in [-0.4, -0.2) is 28.9 Å². The molecule has 5 rings (SSSR count). The molecule has 1 heterocycles. The van der Waals surface area contributed by atoms with Crippen LogP contribution in [0.2, 0.25) is 0 Å². The summed E-state index contributed by atoms with van der Waals surface area (Å²) < 4.78 is 6.07. The maximum absolute atomic E-state index is 12.1. The van der Waals surface area contributed by atoms with Gasteiger partial charge in [0, 0.05) is 23.5 Å². The van der Waals surface area contributed by atoms with Crippen molar-refractivity contribution < 1.29 is 14.3 Å². The number of allylic oxidation sites excluding steroid dienone is 1. The van der Waals surface area contributed by atoms with Crippen molar-refractivity contribution in [1.82, 2.24) is 0 Å². The Morgan fingerprint density at radius 1 is 1.04 bits per heavy atom. The van der Waals surface area contributed by atoms with Crippen molar-refractivity contribution in [2.75, 3.05) is 6.26 Å². The van der Waals surface area contributed by atoms with Gasteiger partial charge >= 0.3 is 5.97 Å². The van der Waals surface area contributed by atoms with Crippen LogP contribution in [0.5, 0.6) is 0 Å². The lowest BCUT2D eigenvalue weighted by atomic mass is 9.46. The first kappa shape index (κ1) is 18.3. The minimum absolute atomic E-state index is 0.0204. The van der Waals surface area contributed by atoms with Crippen molar-refractivity contribution in [2.24, 2.45) is 28.6 Å². The van der Waals surface area contributed by atoms with E-state index in [1.54, 1.807) is 0 Å². The van der Waals surface area contributed by atoms with Crippen LogP contribution >= 0.6 is 11.8 Å². The van der Waals surface area contributed by atoms with Gasteiger partial charge in [-0.1, -0.05) is 19.4 Å². The number of carbonyl (C=O) groups excluding carboxylic acids is 2. The van der Waals surface area contributed by atoms with Gasteiger partial charge in [-0.15, -0.1) is 0 Å². The number of thioether (sulfide) groups is 1. The highest BCUT2D eigenvalue weighted by molar-refractivity contribution is 7.99. The van der Waals surface area contributed by atoms with Crippen LogP contribution in [0.4, 0.5) is 0 Å². The molecule has 3 unspecified atom stereocenters. The largest absolute Gasteiger partial charge is 0.458 e. The van der Waals surface area contributed by atoms with Crippen LogP contribution in [0.25, 0.3) is 0 Å². The quantitative estimate of drug-likeness (QED) is 0.597. The predicted octanol–water partition coefficient (Wildman–Crippen LogP) is 4.94. The molecule has 3 nitrogen and oxygen atoms in total. The number of hydrogen-bond donors (Lipinski definition) is 0. The molecule has 5 aliphatic rings. The molecule has 0 N–H and O–H groups in total. The third-order valence-corrected chi connectivity index (χ3v) is 10.7. The normalized spacial score (nSPS) is 51.4. The van der Waals surface area contributed by atoms with Gasteiger partial charge < -0.3 is 4.74 Å². The van der Waals surface area contributed by atoms with Crippen molar-refractivity contribution in [3.63, 3.8) is 0 Å². The molecule has 0 bridgehead atoms. The third-order valence-electron chi connectivity index (χ3n) is 9.60. The summed E-state index contributed by atoms with van der Waals surface area (Å²) in [6.07, 6.45) is 13.3. The van der Waals surface area contributed by atoms with Crippen molar-refractivity contribution in [2.45, 2.75) is 82.5 Å². The highest BCUT2D eigenvalue weighted by atomic mass is 32.2. The first-order valence-corrected chi connectivity index (χ1v) is 12.1. The smallest absolute Gasteiger partial charge is 0.306 e. The monoisotopic (exact) mass is 388 g/mol. The van der Waals surface area contributed by atoms with Gasteiger partial charge in [0.2, 0.25) is 0 Å². The number of ether oxygens (including phenoxy) is 1. The summed E-state index contributed by atoms with van der Waals surface area (Å²) in [5.41, 5.74) is 1.58. The summed E-state index contributed by atoms with van der Waals surface area (Å²) in [7, 11) is 0. The third kappa shape index (κ3) is 2.28. The van der Waals surface area contributed by atoms with Gasteiger partial charge in [-0.25, -0.2) is 0 Å². The molecule has 0 amide bonds. The second-order valence-electron chi connectivity index (χ2n) is 10.3. The first-order valence-electron chi connectivity index (χ1n) is 10.8. The van der Waals surface area contributed by atoms with Gasteiger partial charge in [0.15, 0.2) is 5.78 Å². The van der Waals surface area contributed by atoms with E-state index in [0.717, 1.165) is 32.1 Å². The lowest BCUT2D eigenvalue weighted by Crippen LogP contribution is -2.57. The number of fused-ring (bicyclic) bond motifs is 6. The molecule has 0 aromatic rings. The molecule has 1 spiro atoms. The average molecular weight is 389 g/mol. The molecule has 4 fully saturated rings. The molecule has 1 saturated heterocycles. The fourth-order valence-electron chi connectivity index (χ4n) is 8.04. The van der Waals surface area contributed by atoms with Crippen molar-refractivity contribution in [3.8, 4) is 0 Å². The van der Waals surface area contributed by atoms with Gasteiger partial charge in [0.1, 0.15) is 5.60 Å². The molecule has 7 atom stereocenters. The molecule has 4 heteroatoms. The lowest BCUT2D eigenvalue weighted by molar-refractivity contribution is -0.167. The lowest BCUT2D eigenvalue weighted by Gasteiger charge is -2.61. The number of rotatable bonds is 1. The van der Waals surface area contributed by atoms with Crippen molar-refractivity contribution in [3.05, 3.63) is 11.6 Å². The molecule has 27 heavy (non-hydrogen) atoms. The first-order chi connectivity index (χ1) is 12.8. The molecule has 148 valence electrons. The Morgan fingerprint density at radius 3 is 2.52 bits per heavy atom. The van der Waals surface area contributed by atoms with E-state index in [2.05, 4.69) is 20.1 Å². The molecule has 0 radical (unpaired) electrons. The van der Waals surface area contributed by atoms with E-state index >= 15 is 0 Å². The summed E-state index contributed by atoms with van der Waals surface area (Å²) in [5.74, 6) is 2.36. The van der Waals surface area contributed by atoms with Crippen LogP contribution in [0.15, 0.2) is 11.6 Å². The maximum atomic E-state index is 12.1. The zero-order chi connectivity index (χ0) is 19.0. The fourth-order valence-corrected chi connectivity index (χ4v) is 9.08. The molecular formula is C23H32O3S. The predicted molar refractivity (Wildman–Crippen MR) is 107 cm³/mol. The van der Waals surface area contributed by atoms with Crippen LogP contribution in [0.3, 0.4) is 0 Å². The SMILES string of the molecule is CS[C@@H]1CC2=CC(=O)CC[C@]2(C)C2CC[C@@]3(C)C(CC[C@@]34CCC(=O)O4)C21. The molecule has 0 aromatic carbocycles. The molecule has 1 aliphatic heterocycles. The summed E-state index contributed by atoms with van der Waals surface area (Å²) in [4.78, 5) is 24.1. The van der Waals surface area contributed by atoms with E-state index in [1.165, 1.54) is 24.8 Å². The Hall–Kier alpha value is -0.770. The molecule has 4 aliphatic carbocycles. The van der Waals surface area contributed by atoms with E-state index in [1.807, 2.05) is 17.8 Å². The highest BCUT2D eigenvalue weighted by Gasteiger charge is 2.68. The van der Waals surface area contributed by atoms with Crippen molar-refractivity contribution >= 4 is 23.5 Å². The average Bonchev–Trinajstić information content (AvgIpc) is 3.16. The second-order valence-corrected chi connectivity index (χ2v) is 11.4. The van der Waals surface area contributed by atoms with Gasteiger partial charge in [0.25, 0.3) is 0 Å². The zero-order valence-electron chi connectivity index (χ0n) is 16.9. The minimum Gasteiger partial charge on any atom is -0.458 e. The maximum Gasteiger partial charge on any atom is 0.306 e. The van der Waals surface area contributed by atoms with Gasteiger partial charge in [-0.3, -0.25) is 9.59 Å². The van der Waals surface area contributed by atoms with Crippen LogP contribution in [0.1, 0.15) is 71.6 Å². The Labute approximate surface area is 167 Å². The molecule has 0 aromatic heterocycles. The highest BCUT2D eigenvalue weighted by Crippen LogP contribution is 2.70. The zero-order valence-corrected chi connectivity index (χ0v) is 17.7. The Morgan fingerprint density at radius 2 is 1.81 bits per heavy atom. The summed E-state index contributed by atoms with van der Waals surface area (Å²) in [5, 5.41) is 0.595. The molecular weight excluding hydrogens is 356 g/mol. The van der Waals surface area contributed by atoms with E-state index in [-0.39, 0.29) is 22.4 Å². The minimum atomic E-state index is -0.192. The number of hydrogen-bond acceptors (Lipinski definition) is 4. The number of esters is 1. The van der Waals surface area contributed by atoms with Crippen molar-refractivity contribution in [1.29, 1.82) is 0 Å². The Kier molecular flexibility index (Phi) is 3.97. The van der Waals surface area contributed by atoms with E-state index in [4.69, 9.17) is 4.74 Å². The fraction of sp³-hybridized carbons (Fsp3) is 0.826.